The van der Waals surface area contributed by atoms with E-state index < -0.39 is 11.8 Å². The molecule has 3 fully saturated rings. The van der Waals surface area contributed by atoms with Gasteiger partial charge in [-0.3, -0.25) is 4.79 Å². The van der Waals surface area contributed by atoms with Crippen molar-refractivity contribution in [2.75, 3.05) is 33.0 Å². The van der Waals surface area contributed by atoms with E-state index in [1.165, 1.54) is 0 Å². The molecule has 7 heteroatoms. The lowest BCUT2D eigenvalue weighted by Gasteiger charge is -2.45. The first kappa shape index (κ1) is 31.3. The van der Waals surface area contributed by atoms with Gasteiger partial charge in [-0.1, -0.05) is 52.0 Å². The van der Waals surface area contributed by atoms with Crippen molar-refractivity contribution >= 4 is 5.97 Å². The average molecular weight is 537 g/mol. The van der Waals surface area contributed by atoms with Crippen molar-refractivity contribution in [3.8, 4) is 0 Å². The summed E-state index contributed by atoms with van der Waals surface area (Å²) in [5.74, 6) is -0.780. The molecule has 38 heavy (non-hydrogen) atoms. The van der Waals surface area contributed by atoms with Crippen molar-refractivity contribution in [3.63, 3.8) is 0 Å². The van der Waals surface area contributed by atoms with Gasteiger partial charge in [0.25, 0.3) is 0 Å². The number of carbonyl (C=O) groups is 1. The lowest BCUT2D eigenvalue weighted by Crippen LogP contribution is -2.50. The molecule has 0 bridgehead atoms. The molecule has 3 aliphatic rings. The van der Waals surface area contributed by atoms with E-state index in [0.29, 0.717) is 38.8 Å². The number of ether oxygens (including phenoxy) is 5. The molecule has 4 unspecified atom stereocenters. The quantitative estimate of drug-likeness (QED) is 0.253. The fourth-order valence-corrected chi connectivity index (χ4v) is 5.70. The molecule has 1 spiro atoms. The second-order valence-corrected chi connectivity index (χ2v) is 12.7. The van der Waals surface area contributed by atoms with Gasteiger partial charge in [0.05, 0.1) is 25.9 Å². The van der Waals surface area contributed by atoms with E-state index in [4.69, 9.17) is 28.8 Å². The van der Waals surface area contributed by atoms with Gasteiger partial charge in [0.15, 0.2) is 12.1 Å². The van der Waals surface area contributed by atoms with E-state index in [1.807, 2.05) is 13.0 Å². The van der Waals surface area contributed by atoms with Crippen molar-refractivity contribution in [1.82, 2.24) is 0 Å². The van der Waals surface area contributed by atoms with Crippen LogP contribution in [0.5, 0.6) is 0 Å². The number of carboxylic acids is 1. The molecule has 0 aromatic rings. The second kappa shape index (κ2) is 14.4. The Kier molecular flexibility index (Phi) is 11.9. The Bertz CT molecular complexity index is 771. The predicted octanol–water partition coefficient (Wildman–Crippen LogP) is 6.51. The van der Waals surface area contributed by atoms with Crippen molar-refractivity contribution < 1.29 is 33.6 Å². The standard InChI is InChI=1S/C31H52O7/c1-6-34-23-30(4,5)26(38-28-15-11-12-20-35-28)17-16-24-18-19-31(36-21-29(2,3)22-37-31)25(24)13-9-7-8-10-14-27(32)33/h7-8,16-17,24-26,28H,6,9-15,18-23H2,1-5H3,(H,32,33). The molecule has 1 aliphatic carbocycles. The zero-order valence-corrected chi connectivity index (χ0v) is 24.4. The van der Waals surface area contributed by atoms with Gasteiger partial charge in [0.1, 0.15) is 0 Å². The van der Waals surface area contributed by atoms with Crippen LogP contribution in [0.4, 0.5) is 0 Å². The fraction of sp³-hybridized carbons (Fsp3) is 0.839. The summed E-state index contributed by atoms with van der Waals surface area (Å²) in [6.45, 7) is 14.2. The minimum atomic E-state index is -0.760. The monoisotopic (exact) mass is 536 g/mol. The normalized spacial score (nSPS) is 28.4. The summed E-state index contributed by atoms with van der Waals surface area (Å²) in [7, 11) is 0. The van der Waals surface area contributed by atoms with Crippen LogP contribution in [0.2, 0.25) is 0 Å². The minimum Gasteiger partial charge on any atom is -0.481 e. The number of hydrogen-bond acceptors (Lipinski definition) is 6. The molecule has 0 radical (unpaired) electrons. The highest BCUT2D eigenvalue weighted by molar-refractivity contribution is 5.66. The molecule has 218 valence electrons. The molecule has 0 aromatic carbocycles. The zero-order chi connectivity index (χ0) is 27.7. The summed E-state index contributed by atoms with van der Waals surface area (Å²) in [5, 5.41) is 8.90. The maximum atomic E-state index is 10.8. The summed E-state index contributed by atoms with van der Waals surface area (Å²) < 4.78 is 31.3. The van der Waals surface area contributed by atoms with Gasteiger partial charge < -0.3 is 28.8 Å². The van der Waals surface area contributed by atoms with Crippen LogP contribution in [-0.4, -0.2) is 62.3 Å². The van der Waals surface area contributed by atoms with E-state index in [9.17, 15) is 4.79 Å². The highest BCUT2D eigenvalue weighted by Gasteiger charge is 2.52. The van der Waals surface area contributed by atoms with Crippen LogP contribution < -0.4 is 0 Å². The topological polar surface area (TPSA) is 83.5 Å². The molecular formula is C31H52O7. The van der Waals surface area contributed by atoms with Crippen molar-refractivity contribution in [2.45, 2.75) is 111 Å². The average Bonchev–Trinajstić information content (AvgIpc) is 3.22. The van der Waals surface area contributed by atoms with Crippen LogP contribution in [0.15, 0.2) is 24.3 Å². The predicted molar refractivity (Wildman–Crippen MR) is 148 cm³/mol. The third-order valence-corrected chi connectivity index (χ3v) is 8.08. The van der Waals surface area contributed by atoms with Crippen LogP contribution in [-0.2, 0) is 28.5 Å². The Morgan fingerprint density at radius 1 is 1.13 bits per heavy atom. The molecule has 3 rings (SSSR count). The molecule has 7 nitrogen and oxygen atoms in total. The second-order valence-electron chi connectivity index (χ2n) is 12.7. The molecule has 2 saturated heterocycles. The lowest BCUT2D eigenvalue weighted by atomic mass is 9.83. The molecule has 0 amide bonds. The Balaban J connectivity index is 1.74. The minimum absolute atomic E-state index is 0.0166. The Morgan fingerprint density at radius 2 is 1.87 bits per heavy atom. The van der Waals surface area contributed by atoms with Crippen molar-refractivity contribution in [2.24, 2.45) is 22.7 Å². The number of hydrogen-bond donors (Lipinski definition) is 1. The van der Waals surface area contributed by atoms with E-state index in [2.05, 4.69) is 45.9 Å². The molecule has 2 aliphatic heterocycles. The van der Waals surface area contributed by atoms with Gasteiger partial charge in [-0.2, -0.15) is 0 Å². The number of allylic oxidation sites excluding steroid dienone is 3. The van der Waals surface area contributed by atoms with E-state index in [0.717, 1.165) is 51.6 Å². The van der Waals surface area contributed by atoms with Crippen LogP contribution in [0.3, 0.4) is 0 Å². The molecule has 1 saturated carbocycles. The van der Waals surface area contributed by atoms with Gasteiger partial charge in [0.2, 0.25) is 0 Å². The largest absolute Gasteiger partial charge is 0.481 e. The number of rotatable bonds is 14. The molecule has 4 atom stereocenters. The third-order valence-electron chi connectivity index (χ3n) is 8.08. The first-order valence-electron chi connectivity index (χ1n) is 14.7. The fourth-order valence-electron chi connectivity index (χ4n) is 5.70. The van der Waals surface area contributed by atoms with Crippen LogP contribution in [0, 0.1) is 22.7 Å². The highest BCUT2D eigenvalue weighted by atomic mass is 16.7. The van der Waals surface area contributed by atoms with Gasteiger partial charge >= 0.3 is 5.97 Å². The lowest BCUT2D eigenvalue weighted by molar-refractivity contribution is -0.316. The van der Waals surface area contributed by atoms with Crippen LogP contribution >= 0.6 is 0 Å². The summed E-state index contributed by atoms with van der Waals surface area (Å²) in [6, 6.07) is 0. The van der Waals surface area contributed by atoms with E-state index in [-0.39, 0.29) is 35.6 Å². The highest BCUT2D eigenvalue weighted by Crippen LogP contribution is 2.50. The molecule has 2 heterocycles. The molecule has 0 aromatic heterocycles. The third kappa shape index (κ3) is 9.16. The molecule has 1 N–H and O–H groups in total. The Hall–Kier alpha value is -1.25. The van der Waals surface area contributed by atoms with Gasteiger partial charge in [0, 0.05) is 42.8 Å². The number of aliphatic carboxylic acids is 1. The maximum absolute atomic E-state index is 10.8. The Morgan fingerprint density at radius 3 is 2.53 bits per heavy atom. The van der Waals surface area contributed by atoms with E-state index in [1.54, 1.807) is 0 Å². The Labute approximate surface area is 230 Å². The van der Waals surface area contributed by atoms with Gasteiger partial charge in [-0.05, 0) is 57.8 Å². The number of carboxylic acid groups (broad SMARTS) is 1. The summed E-state index contributed by atoms with van der Waals surface area (Å²) in [5.41, 5.74) is -0.184. The molecular weight excluding hydrogens is 484 g/mol. The first-order chi connectivity index (χ1) is 18.1. The summed E-state index contributed by atoms with van der Waals surface area (Å²) >= 11 is 0. The van der Waals surface area contributed by atoms with E-state index >= 15 is 0 Å². The summed E-state index contributed by atoms with van der Waals surface area (Å²) in [6.07, 6.45) is 15.9. The smallest absolute Gasteiger partial charge is 0.303 e. The first-order valence-corrected chi connectivity index (χ1v) is 14.7. The van der Waals surface area contributed by atoms with Crippen LogP contribution in [0.25, 0.3) is 0 Å². The van der Waals surface area contributed by atoms with Crippen molar-refractivity contribution in [1.29, 1.82) is 0 Å². The van der Waals surface area contributed by atoms with Crippen molar-refractivity contribution in [3.05, 3.63) is 24.3 Å². The maximum Gasteiger partial charge on any atom is 0.303 e. The van der Waals surface area contributed by atoms with Gasteiger partial charge in [-0.15, -0.1) is 0 Å². The summed E-state index contributed by atoms with van der Waals surface area (Å²) in [4.78, 5) is 10.8. The zero-order valence-electron chi connectivity index (χ0n) is 24.4. The van der Waals surface area contributed by atoms with Crippen LogP contribution in [0.1, 0.15) is 92.4 Å². The van der Waals surface area contributed by atoms with Gasteiger partial charge in [-0.25, -0.2) is 0 Å². The SMILES string of the molecule is CCOCC(C)(C)C(C=CC1CCC2(OCC(C)(C)CO2)C1CCC=CCCC(=O)O)OC1CCCCO1.